The molecule has 1 fully saturated rings. The first kappa shape index (κ1) is 15.2. The number of carbonyl (C=O) groups excluding carboxylic acids is 1. The number of hydrogen-bond donors (Lipinski definition) is 1. The molecule has 1 aromatic rings. The Morgan fingerprint density at radius 2 is 2.05 bits per heavy atom. The summed E-state index contributed by atoms with van der Waals surface area (Å²) < 4.78 is 40.6. The summed E-state index contributed by atoms with van der Waals surface area (Å²) in [5.41, 5.74) is -0.0904. The highest BCUT2D eigenvalue weighted by molar-refractivity contribution is 5.95. The van der Waals surface area contributed by atoms with E-state index in [1.807, 2.05) is 6.92 Å². The van der Waals surface area contributed by atoms with Crippen molar-refractivity contribution in [3.63, 3.8) is 0 Å². The Balaban J connectivity index is 2.24. The minimum Gasteiger partial charge on any atom is -0.406 e. The van der Waals surface area contributed by atoms with Crippen LogP contribution in [0.25, 0.3) is 0 Å². The van der Waals surface area contributed by atoms with Crippen LogP contribution >= 0.6 is 0 Å². The van der Waals surface area contributed by atoms with Gasteiger partial charge in [0.2, 0.25) is 0 Å². The van der Waals surface area contributed by atoms with Crippen molar-refractivity contribution >= 4 is 5.91 Å². The predicted octanol–water partition coefficient (Wildman–Crippen LogP) is 3.24. The van der Waals surface area contributed by atoms with Crippen molar-refractivity contribution in [2.24, 2.45) is 0 Å². The number of nitrogens with one attached hydrogen (secondary N) is 1. The molecular weight excluding hydrogens is 283 g/mol. The first-order chi connectivity index (χ1) is 9.71. The molecule has 1 amide bonds. The van der Waals surface area contributed by atoms with Crippen molar-refractivity contribution in [3.8, 4) is 18.1 Å². The Labute approximate surface area is 120 Å². The number of ether oxygens (including phenoxy) is 1. The summed E-state index contributed by atoms with van der Waals surface area (Å²) in [6.45, 7) is 1.90. The van der Waals surface area contributed by atoms with Gasteiger partial charge in [0.25, 0.3) is 5.91 Å². The molecule has 1 aliphatic carbocycles. The Kier molecular flexibility index (Phi) is 3.86. The SMILES string of the molecule is C#Cc1cc(OC(F)(F)F)cc(C(=O)NC2(C)CCC2)c1. The minimum absolute atomic E-state index is 0.0535. The molecule has 0 spiro atoms. The van der Waals surface area contributed by atoms with E-state index in [9.17, 15) is 18.0 Å². The van der Waals surface area contributed by atoms with Crippen molar-refractivity contribution in [2.75, 3.05) is 0 Å². The van der Waals surface area contributed by atoms with E-state index in [4.69, 9.17) is 6.42 Å². The number of rotatable bonds is 3. The van der Waals surface area contributed by atoms with Crippen LogP contribution in [0.5, 0.6) is 5.75 Å². The zero-order valence-electron chi connectivity index (χ0n) is 11.4. The number of alkyl halides is 3. The quantitative estimate of drug-likeness (QED) is 0.870. The van der Waals surface area contributed by atoms with Gasteiger partial charge in [-0.25, -0.2) is 0 Å². The van der Waals surface area contributed by atoms with Crippen LogP contribution in [0.15, 0.2) is 18.2 Å². The van der Waals surface area contributed by atoms with Gasteiger partial charge in [0.1, 0.15) is 5.75 Å². The third-order valence-corrected chi connectivity index (χ3v) is 3.44. The highest BCUT2D eigenvalue weighted by Crippen LogP contribution is 2.31. The summed E-state index contributed by atoms with van der Waals surface area (Å²) in [5, 5.41) is 2.81. The van der Waals surface area contributed by atoms with Gasteiger partial charge in [-0.15, -0.1) is 19.6 Å². The maximum Gasteiger partial charge on any atom is 0.573 e. The van der Waals surface area contributed by atoms with E-state index < -0.39 is 18.0 Å². The summed E-state index contributed by atoms with van der Waals surface area (Å²) in [4.78, 5) is 12.1. The Morgan fingerprint density at radius 1 is 1.38 bits per heavy atom. The predicted molar refractivity (Wildman–Crippen MR) is 70.8 cm³/mol. The minimum atomic E-state index is -4.83. The normalized spacial score (nSPS) is 16.5. The highest BCUT2D eigenvalue weighted by Gasteiger charge is 2.34. The van der Waals surface area contributed by atoms with E-state index in [0.717, 1.165) is 31.4 Å². The lowest BCUT2D eigenvalue weighted by molar-refractivity contribution is -0.274. The molecule has 0 aliphatic heterocycles. The summed E-state index contributed by atoms with van der Waals surface area (Å²) >= 11 is 0. The number of carbonyl (C=O) groups is 1. The van der Waals surface area contributed by atoms with Crippen LogP contribution in [0, 0.1) is 12.3 Å². The van der Waals surface area contributed by atoms with Gasteiger partial charge in [-0.2, -0.15) is 0 Å². The van der Waals surface area contributed by atoms with E-state index in [1.54, 1.807) is 0 Å². The molecule has 112 valence electrons. The molecule has 6 heteroatoms. The standard InChI is InChI=1S/C15H14F3NO2/c1-3-10-7-11(9-12(8-10)21-15(16,17)18)13(20)19-14(2)5-4-6-14/h1,7-9H,4-6H2,2H3,(H,19,20). The Bertz CT molecular complexity index is 598. The van der Waals surface area contributed by atoms with Crippen molar-refractivity contribution in [2.45, 2.75) is 38.1 Å². The van der Waals surface area contributed by atoms with E-state index in [0.29, 0.717) is 0 Å². The lowest BCUT2D eigenvalue weighted by Crippen LogP contribution is -2.50. The molecule has 21 heavy (non-hydrogen) atoms. The van der Waals surface area contributed by atoms with E-state index in [2.05, 4.69) is 16.0 Å². The number of terminal acetylenes is 1. The van der Waals surface area contributed by atoms with Crippen LogP contribution < -0.4 is 10.1 Å². The van der Waals surface area contributed by atoms with Gasteiger partial charge < -0.3 is 10.1 Å². The summed E-state index contributed by atoms with van der Waals surface area (Å²) in [7, 11) is 0. The number of halogens is 3. The summed E-state index contributed by atoms with van der Waals surface area (Å²) in [5.74, 6) is 1.26. The maximum atomic E-state index is 12.3. The average Bonchev–Trinajstić information content (AvgIpc) is 2.34. The fraction of sp³-hybridized carbons (Fsp3) is 0.400. The molecule has 1 N–H and O–H groups in total. The van der Waals surface area contributed by atoms with Gasteiger partial charge in [-0.05, 0) is 44.4 Å². The van der Waals surface area contributed by atoms with Gasteiger partial charge in [0, 0.05) is 16.7 Å². The van der Waals surface area contributed by atoms with E-state index in [-0.39, 0.29) is 16.7 Å². The largest absolute Gasteiger partial charge is 0.573 e. The average molecular weight is 297 g/mol. The van der Waals surface area contributed by atoms with Crippen molar-refractivity contribution < 1.29 is 22.7 Å². The van der Waals surface area contributed by atoms with Gasteiger partial charge in [0.15, 0.2) is 0 Å². The second kappa shape index (κ2) is 5.32. The number of hydrogen-bond acceptors (Lipinski definition) is 2. The molecule has 1 saturated carbocycles. The van der Waals surface area contributed by atoms with Gasteiger partial charge in [0.05, 0.1) is 0 Å². The fourth-order valence-corrected chi connectivity index (χ4v) is 2.18. The van der Waals surface area contributed by atoms with Crippen molar-refractivity contribution in [1.82, 2.24) is 5.32 Å². The van der Waals surface area contributed by atoms with Crippen LogP contribution in [-0.2, 0) is 0 Å². The molecule has 0 radical (unpaired) electrons. The maximum absolute atomic E-state index is 12.3. The zero-order chi connectivity index (χ0) is 15.7. The topological polar surface area (TPSA) is 38.3 Å². The van der Waals surface area contributed by atoms with Gasteiger partial charge >= 0.3 is 6.36 Å². The van der Waals surface area contributed by atoms with Crippen LogP contribution in [-0.4, -0.2) is 17.8 Å². The van der Waals surface area contributed by atoms with Crippen molar-refractivity contribution in [3.05, 3.63) is 29.3 Å². The molecule has 1 aliphatic rings. The summed E-state index contributed by atoms with van der Waals surface area (Å²) in [6.07, 6.45) is 3.08. The molecule has 1 aromatic carbocycles. The highest BCUT2D eigenvalue weighted by atomic mass is 19.4. The second-order valence-electron chi connectivity index (χ2n) is 5.31. The molecule has 0 aromatic heterocycles. The van der Waals surface area contributed by atoms with Crippen LogP contribution in [0.1, 0.15) is 42.1 Å². The molecule has 2 rings (SSSR count). The molecular formula is C15H14F3NO2. The van der Waals surface area contributed by atoms with Crippen LogP contribution in [0.3, 0.4) is 0 Å². The molecule has 0 atom stereocenters. The molecule has 0 saturated heterocycles. The monoisotopic (exact) mass is 297 g/mol. The first-order valence-corrected chi connectivity index (χ1v) is 6.41. The molecule has 0 bridgehead atoms. The number of amides is 1. The zero-order valence-corrected chi connectivity index (χ0v) is 11.4. The van der Waals surface area contributed by atoms with E-state index in [1.165, 1.54) is 6.07 Å². The molecule has 3 nitrogen and oxygen atoms in total. The fourth-order valence-electron chi connectivity index (χ4n) is 2.18. The lowest BCUT2D eigenvalue weighted by atomic mass is 9.78. The van der Waals surface area contributed by atoms with Crippen LogP contribution in [0.2, 0.25) is 0 Å². The van der Waals surface area contributed by atoms with Gasteiger partial charge in [-0.3, -0.25) is 4.79 Å². The smallest absolute Gasteiger partial charge is 0.406 e. The second-order valence-corrected chi connectivity index (χ2v) is 5.31. The van der Waals surface area contributed by atoms with Crippen LogP contribution in [0.4, 0.5) is 13.2 Å². The third-order valence-electron chi connectivity index (χ3n) is 3.44. The lowest BCUT2D eigenvalue weighted by Gasteiger charge is -2.39. The van der Waals surface area contributed by atoms with E-state index >= 15 is 0 Å². The summed E-state index contributed by atoms with van der Waals surface area (Å²) in [6, 6.07) is 3.46. The third kappa shape index (κ3) is 3.91. The van der Waals surface area contributed by atoms with Crippen molar-refractivity contribution in [1.29, 1.82) is 0 Å². The first-order valence-electron chi connectivity index (χ1n) is 6.41. The number of benzene rings is 1. The van der Waals surface area contributed by atoms with Gasteiger partial charge in [-0.1, -0.05) is 5.92 Å². The Hall–Kier alpha value is -2.16. The molecule has 0 unspecified atom stereocenters. The molecule has 0 heterocycles. The Morgan fingerprint density at radius 3 is 2.52 bits per heavy atom.